The third kappa shape index (κ3) is 2.05. The van der Waals surface area contributed by atoms with Gasteiger partial charge in [-0.1, -0.05) is 20.4 Å². The van der Waals surface area contributed by atoms with Crippen molar-refractivity contribution in [2.24, 2.45) is 5.92 Å². The zero-order valence-corrected chi connectivity index (χ0v) is 5.12. The van der Waals surface area contributed by atoms with Crippen LogP contribution < -0.4 is 0 Å². The Morgan fingerprint density at radius 3 is 1.75 bits per heavy atom. The zero-order valence-electron chi connectivity index (χ0n) is 5.12. The fraction of sp³-hybridized carbons (Fsp3) is 0.667. The van der Waals surface area contributed by atoms with Crippen LogP contribution in [0.4, 0.5) is 8.78 Å². The Morgan fingerprint density at radius 1 is 1.38 bits per heavy atom. The lowest BCUT2D eigenvalue weighted by molar-refractivity contribution is 0.178. The summed E-state index contributed by atoms with van der Waals surface area (Å²) in [5.41, 5.74) is 0.0185. The minimum absolute atomic E-state index is 0.0185. The summed E-state index contributed by atoms with van der Waals surface area (Å²) in [6.07, 6.45) is -2.35. The predicted octanol–water partition coefficient (Wildman–Crippen LogP) is 2.46. The normalized spacial score (nSPS) is 10.8. The van der Waals surface area contributed by atoms with Crippen molar-refractivity contribution in [3.05, 3.63) is 12.2 Å². The van der Waals surface area contributed by atoms with Gasteiger partial charge in [0.25, 0.3) is 6.43 Å². The molecule has 0 aromatic heterocycles. The number of hydrogen-bond acceptors (Lipinski definition) is 0. The first-order valence-electron chi connectivity index (χ1n) is 2.52. The highest BCUT2D eigenvalue weighted by Gasteiger charge is 2.10. The van der Waals surface area contributed by atoms with Crippen LogP contribution in [0.2, 0.25) is 0 Å². The van der Waals surface area contributed by atoms with E-state index in [2.05, 4.69) is 6.58 Å². The number of hydrogen-bond donors (Lipinski definition) is 0. The fourth-order valence-electron chi connectivity index (χ4n) is 0.252. The van der Waals surface area contributed by atoms with E-state index >= 15 is 0 Å². The monoisotopic (exact) mass is 120 g/mol. The van der Waals surface area contributed by atoms with E-state index in [1.807, 2.05) is 0 Å². The average Bonchev–Trinajstić information content (AvgIpc) is 1.64. The van der Waals surface area contributed by atoms with Gasteiger partial charge in [-0.25, -0.2) is 8.78 Å². The largest absolute Gasteiger partial charge is 0.259 e. The molecule has 0 aliphatic rings. The van der Waals surface area contributed by atoms with Crippen LogP contribution in [-0.2, 0) is 0 Å². The third-order valence-electron chi connectivity index (χ3n) is 1.02. The van der Waals surface area contributed by atoms with Crippen LogP contribution in [-0.4, -0.2) is 6.43 Å². The van der Waals surface area contributed by atoms with E-state index in [0.717, 1.165) is 0 Å². The molecule has 0 aliphatic heterocycles. The highest BCUT2D eigenvalue weighted by Crippen LogP contribution is 2.14. The molecule has 0 saturated carbocycles. The summed E-state index contributed by atoms with van der Waals surface area (Å²) in [6, 6.07) is 0. The lowest BCUT2D eigenvalue weighted by Gasteiger charge is -2.05. The molecule has 0 rings (SSSR count). The van der Waals surface area contributed by atoms with Gasteiger partial charge in [0.1, 0.15) is 0 Å². The summed E-state index contributed by atoms with van der Waals surface area (Å²) in [7, 11) is 0. The van der Waals surface area contributed by atoms with Crippen LogP contribution in [0.15, 0.2) is 12.2 Å². The van der Waals surface area contributed by atoms with Crippen LogP contribution >= 0.6 is 0 Å². The van der Waals surface area contributed by atoms with E-state index in [-0.39, 0.29) is 11.5 Å². The molecule has 0 aliphatic carbocycles. The molecule has 0 saturated heterocycles. The van der Waals surface area contributed by atoms with Crippen molar-refractivity contribution in [1.29, 1.82) is 0 Å². The molecule has 8 heavy (non-hydrogen) atoms. The first-order chi connectivity index (χ1) is 3.55. The summed E-state index contributed by atoms with van der Waals surface area (Å²) < 4.78 is 23.2. The first-order valence-corrected chi connectivity index (χ1v) is 2.52. The maximum absolute atomic E-state index is 11.6. The Hall–Kier alpha value is -0.400. The molecule has 0 atom stereocenters. The highest BCUT2D eigenvalue weighted by atomic mass is 19.3. The first kappa shape index (κ1) is 7.60. The standard InChI is InChI=1S/C6H10F2/c1-4(2)5(3)6(7)8/h4,6H,3H2,1-2H3. The van der Waals surface area contributed by atoms with Crippen molar-refractivity contribution < 1.29 is 8.78 Å². The SMILES string of the molecule is C=C(C(C)C)C(F)F. The molecule has 0 radical (unpaired) electrons. The van der Waals surface area contributed by atoms with Gasteiger partial charge in [0, 0.05) is 0 Å². The molecule has 0 aromatic carbocycles. The van der Waals surface area contributed by atoms with Crippen molar-refractivity contribution in [3.8, 4) is 0 Å². The maximum atomic E-state index is 11.6. The van der Waals surface area contributed by atoms with E-state index in [1.54, 1.807) is 13.8 Å². The number of rotatable bonds is 2. The van der Waals surface area contributed by atoms with Gasteiger partial charge in [-0.15, -0.1) is 0 Å². The Balaban J connectivity index is 3.65. The molecule has 0 heterocycles. The van der Waals surface area contributed by atoms with E-state index in [1.165, 1.54) is 0 Å². The van der Waals surface area contributed by atoms with Crippen molar-refractivity contribution in [2.45, 2.75) is 20.3 Å². The van der Waals surface area contributed by atoms with Crippen molar-refractivity contribution in [3.63, 3.8) is 0 Å². The van der Waals surface area contributed by atoms with Crippen LogP contribution in [0.5, 0.6) is 0 Å². The molecule has 2 heteroatoms. The van der Waals surface area contributed by atoms with Crippen LogP contribution in [0.3, 0.4) is 0 Å². The summed E-state index contributed by atoms with van der Waals surface area (Å²) in [4.78, 5) is 0. The lowest BCUT2D eigenvalue weighted by atomic mass is 10.1. The van der Waals surface area contributed by atoms with E-state index in [0.29, 0.717) is 0 Å². The smallest absolute Gasteiger partial charge is 0.205 e. The Bertz CT molecular complexity index is 74.5. The lowest BCUT2D eigenvalue weighted by Crippen LogP contribution is -2.01. The van der Waals surface area contributed by atoms with Gasteiger partial charge in [-0.05, 0) is 11.5 Å². The predicted molar refractivity (Wildman–Crippen MR) is 30.0 cm³/mol. The van der Waals surface area contributed by atoms with E-state index in [4.69, 9.17) is 0 Å². The Kier molecular flexibility index (Phi) is 2.66. The fourth-order valence-corrected chi connectivity index (χ4v) is 0.252. The van der Waals surface area contributed by atoms with Gasteiger partial charge < -0.3 is 0 Å². The molecule has 0 nitrogen and oxygen atoms in total. The van der Waals surface area contributed by atoms with Crippen molar-refractivity contribution in [1.82, 2.24) is 0 Å². The summed E-state index contributed by atoms with van der Waals surface area (Å²) in [6.45, 7) is 6.61. The summed E-state index contributed by atoms with van der Waals surface area (Å²) in [5.74, 6) is -0.102. The third-order valence-corrected chi connectivity index (χ3v) is 1.02. The quantitative estimate of drug-likeness (QED) is 0.491. The minimum Gasteiger partial charge on any atom is -0.205 e. The van der Waals surface area contributed by atoms with E-state index in [9.17, 15) is 8.78 Å². The summed E-state index contributed by atoms with van der Waals surface area (Å²) in [5, 5.41) is 0. The van der Waals surface area contributed by atoms with Gasteiger partial charge in [0.05, 0.1) is 0 Å². The molecule has 0 amide bonds. The summed E-state index contributed by atoms with van der Waals surface area (Å²) >= 11 is 0. The number of allylic oxidation sites excluding steroid dienone is 1. The zero-order chi connectivity index (χ0) is 6.73. The van der Waals surface area contributed by atoms with Gasteiger partial charge in [0.15, 0.2) is 0 Å². The highest BCUT2D eigenvalue weighted by molar-refractivity contribution is 5.00. The van der Waals surface area contributed by atoms with Gasteiger partial charge in [0.2, 0.25) is 0 Å². The minimum atomic E-state index is -2.35. The molecule has 0 aromatic rings. The van der Waals surface area contributed by atoms with Gasteiger partial charge in [-0.2, -0.15) is 0 Å². The van der Waals surface area contributed by atoms with E-state index < -0.39 is 6.43 Å². The van der Waals surface area contributed by atoms with Gasteiger partial charge in [-0.3, -0.25) is 0 Å². The molecule has 48 valence electrons. The maximum Gasteiger partial charge on any atom is 0.259 e. The second kappa shape index (κ2) is 2.80. The molecule has 0 unspecified atom stereocenters. The molecular formula is C6H10F2. The average molecular weight is 120 g/mol. The molecule has 0 fully saturated rings. The Labute approximate surface area is 48.2 Å². The molecule has 0 spiro atoms. The second-order valence-corrected chi connectivity index (χ2v) is 2.03. The molecule has 0 N–H and O–H groups in total. The van der Waals surface area contributed by atoms with Gasteiger partial charge >= 0.3 is 0 Å². The van der Waals surface area contributed by atoms with Crippen LogP contribution in [0.25, 0.3) is 0 Å². The van der Waals surface area contributed by atoms with Crippen LogP contribution in [0, 0.1) is 5.92 Å². The van der Waals surface area contributed by atoms with Crippen molar-refractivity contribution >= 4 is 0 Å². The molecular weight excluding hydrogens is 110 g/mol. The van der Waals surface area contributed by atoms with Crippen molar-refractivity contribution in [2.75, 3.05) is 0 Å². The molecule has 0 bridgehead atoms. The topological polar surface area (TPSA) is 0 Å². The number of halogens is 2. The number of alkyl halides is 2. The Morgan fingerprint density at radius 2 is 1.75 bits per heavy atom. The second-order valence-electron chi connectivity index (χ2n) is 2.03. The van der Waals surface area contributed by atoms with Crippen LogP contribution in [0.1, 0.15) is 13.8 Å².